The Morgan fingerprint density at radius 3 is 2.25 bits per heavy atom. The molecule has 0 aliphatic carbocycles. The molecule has 0 radical (unpaired) electrons. The van der Waals surface area contributed by atoms with Crippen LogP contribution in [0.25, 0.3) is 0 Å². The van der Waals surface area contributed by atoms with Gasteiger partial charge in [-0.1, -0.05) is 18.2 Å². The second-order valence-corrected chi connectivity index (χ2v) is 7.88. The van der Waals surface area contributed by atoms with E-state index in [9.17, 15) is 13.2 Å². The first kappa shape index (κ1) is 21.2. The normalized spacial score (nSPS) is 11.3. The second-order valence-electron chi connectivity index (χ2n) is 6.28. The van der Waals surface area contributed by atoms with Crippen molar-refractivity contribution in [1.29, 1.82) is 0 Å². The van der Waals surface area contributed by atoms with Crippen LogP contribution in [0.15, 0.2) is 51.8 Å². The lowest BCUT2D eigenvalue weighted by molar-refractivity contribution is 0.0600. The SMILES string of the molecule is COC(=O)c1cc(N(C)C)c(Oc2ccccc2)c(S(=O)(=O)/N=C/N(C)C)c1. The van der Waals surface area contributed by atoms with Gasteiger partial charge in [0, 0.05) is 28.2 Å². The summed E-state index contributed by atoms with van der Waals surface area (Å²) in [6, 6.07) is 11.5. The van der Waals surface area contributed by atoms with E-state index in [4.69, 9.17) is 9.47 Å². The quantitative estimate of drug-likeness (QED) is 0.397. The predicted molar refractivity (Wildman–Crippen MR) is 108 cm³/mol. The summed E-state index contributed by atoms with van der Waals surface area (Å²) in [5, 5.41) is 0. The molecule has 0 unspecified atom stereocenters. The van der Waals surface area contributed by atoms with Crippen LogP contribution >= 0.6 is 0 Å². The number of ether oxygens (including phenoxy) is 2. The Morgan fingerprint density at radius 1 is 1.07 bits per heavy atom. The van der Waals surface area contributed by atoms with E-state index in [2.05, 4.69) is 4.40 Å². The average molecular weight is 405 g/mol. The summed E-state index contributed by atoms with van der Waals surface area (Å²) in [4.78, 5) is 15.0. The molecular weight excluding hydrogens is 382 g/mol. The molecule has 9 heteroatoms. The zero-order valence-corrected chi connectivity index (χ0v) is 17.2. The third-order valence-electron chi connectivity index (χ3n) is 3.60. The monoisotopic (exact) mass is 405 g/mol. The molecule has 0 aromatic heterocycles. The van der Waals surface area contributed by atoms with Crippen molar-refractivity contribution in [3.63, 3.8) is 0 Å². The van der Waals surface area contributed by atoms with Gasteiger partial charge in [-0.3, -0.25) is 0 Å². The Labute approximate surface area is 165 Å². The van der Waals surface area contributed by atoms with Gasteiger partial charge in [0.2, 0.25) is 0 Å². The van der Waals surface area contributed by atoms with Crippen LogP contribution < -0.4 is 9.64 Å². The number of para-hydroxylation sites is 1. The molecule has 28 heavy (non-hydrogen) atoms. The molecule has 0 heterocycles. The number of benzene rings is 2. The topological polar surface area (TPSA) is 88.5 Å². The summed E-state index contributed by atoms with van der Waals surface area (Å²) in [6.45, 7) is 0. The van der Waals surface area contributed by atoms with E-state index in [1.165, 1.54) is 30.5 Å². The van der Waals surface area contributed by atoms with Crippen LogP contribution in [-0.4, -0.2) is 60.9 Å². The number of hydrogen-bond donors (Lipinski definition) is 0. The molecule has 0 N–H and O–H groups in total. The maximum atomic E-state index is 12.9. The molecular formula is C19H23N3O5S. The minimum atomic E-state index is -4.16. The van der Waals surface area contributed by atoms with Crippen molar-refractivity contribution in [2.45, 2.75) is 4.90 Å². The third kappa shape index (κ3) is 5.01. The summed E-state index contributed by atoms with van der Waals surface area (Å²) < 4.78 is 40.2. The number of nitrogens with zero attached hydrogens (tertiary/aromatic N) is 3. The first-order valence-corrected chi connectivity index (χ1v) is 9.73. The van der Waals surface area contributed by atoms with E-state index in [0.717, 1.165) is 0 Å². The molecule has 150 valence electrons. The lowest BCUT2D eigenvalue weighted by Crippen LogP contribution is -2.15. The van der Waals surface area contributed by atoms with Crippen LogP contribution in [0.2, 0.25) is 0 Å². The Bertz CT molecular complexity index is 971. The van der Waals surface area contributed by atoms with Crippen molar-refractivity contribution < 1.29 is 22.7 Å². The Hall–Kier alpha value is -3.07. The van der Waals surface area contributed by atoms with E-state index in [-0.39, 0.29) is 16.2 Å². The number of sulfonamides is 1. The van der Waals surface area contributed by atoms with Crippen LogP contribution in [0.1, 0.15) is 10.4 Å². The van der Waals surface area contributed by atoms with E-state index < -0.39 is 16.0 Å². The van der Waals surface area contributed by atoms with Gasteiger partial charge in [-0.25, -0.2) is 4.79 Å². The number of anilines is 1. The summed E-state index contributed by atoms with van der Waals surface area (Å²) in [5.74, 6) is -0.147. The zero-order chi connectivity index (χ0) is 20.9. The third-order valence-corrected chi connectivity index (χ3v) is 4.83. The van der Waals surface area contributed by atoms with Crippen LogP contribution in [0, 0.1) is 0 Å². The van der Waals surface area contributed by atoms with Crippen molar-refractivity contribution >= 4 is 28.0 Å². The minimum Gasteiger partial charge on any atom is -0.465 e. The molecule has 2 aromatic rings. The number of methoxy groups -OCH3 is 1. The van der Waals surface area contributed by atoms with Crippen molar-refractivity contribution in [1.82, 2.24) is 4.90 Å². The molecule has 0 atom stereocenters. The molecule has 0 fully saturated rings. The summed E-state index contributed by atoms with van der Waals surface area (Å²) in [6.07, 6.45) is 1.17. The maximum absolute atomic E-state index is 12.9. The molecule has 0 saturated carbocycles. The van der Waals surface area contributed by atoms with Crippen LogP contribution in [0.4, 0.5) is 5.69 Å². The fraction of sp³-hybridized carbons (Fsp3) is 0.263. The molecule has 0 aliphatic heterocycles. The molecule has 0 aliphatic rings. The highest BCUT2D eigenvalue weighted by molar-refractivity contribution is 7.90. The number of rotatable bonds is 7. The van der Waals surface area contributed by atoms with E-state index >= 15 is 0 Å². The first-order valence-electron chi connectivity index (χ1n) is 8.29. The van der Waals surface area contributed by atoms with Gasteiger partial charge in [-0.05, 0) is 24.3 Å². The Balaban J connectivity index is 2.76. The number of carbonyl (C=O) groups excluding carboxylic acids is 1. The average Bonchev–Trinajstić information content (AvgIpc) is 2.66. The van der Waals surface area contributed by atoms with Crippen molar-refractivity contribution in [3.8, 4) is 11.5 Å². The van der Waals surface area contributed by atoms with Gasteiger partial charge >= 0.3 is 5.97 Å². The smallest absolute Gasteiger partial charge is 0.337 e. The van der Waals surface area contributed by atoms with Gasteiger partial charge in [-0.15, -0.1) is 4.40 Å². The largest absolute Gasteiger partial charge is 0.465 e. The van der Waals surface area contributed by atoms with Crippen molar-refractivity contribution in [2.24, 2.45) is 4.40 Å². The molecule has 0 bridgehead atoms. The van der Waals surface area contributed by atoms with Crippen LogP contribution in [0.5, 0.6) is 11.5 Å². The summed E-state index contributed by atoms with van der Waals surface area (Å²) in [7, 11) is 3.80. The minimum absolute atomic E-state index is 0.0692. The summed E-state index contributed by atoms with van der Waals surface area (Å²) in [5.41, 5.74) is 0.468. The van der Waals surface area contributed by atoms with Gasteiger partial charge in [0.05, 0.1) is 18.4 Å². The van der Waals surface area contributed by atoms with Crippen LogP contribution in [0.3, 0.4) is 0 Å². The van der Waals surface area contributed by atoms with Gasteiger partial charge in [-0.2, -0.15) is 8.42 Å². The molecule has 0 spiro atoms. The highest BCUT2D eigenvalue weighted by Gasteiger charge is 2.26. The molecule has 0 amide bonds. The highest BCUT2D eigenvalue weighted by atomic mass is 32.2. The molecule has 0 saturated heterocycles. The fourth-order valence-corrected chi connectivity index (χ4v) is 3.35. The molecule has 8 nitrogen and oxygen atoms in total. The lowest BCUT2D eigenvalue weighted by Gasteiger charge is -2.21. The van der Waals surface area contributed by atoms with E-state index in [1.807, 2.05) is 6.07 Å². The Kier molecular flexibility index (Phi) is 6.63. The van der Waals surface area contributed by atoms with Gasteiger partial charge < -0.3 is 19.3 Å². The lowest BCUT2D eigenvalue weighted by atomic mass is 10.1. The fourth-order valence-electron chi connectivity index (χ4n) is 2.27. The number of carbonyl (C=O) groups is 1. The predicted octanol–water partition coefficient (Wildman–Crippen LogP) is 2.61. The van der Waals surface area contributed by atoms with Gasteiger partial charge in [0.15, 0.2) is 5.75 Å². The number of hydrogen-bond acceptors (Lipinski definition) is 6. The van der Waals surface area contributed by atoms with E-state index in [1.54, 1.807) is 57.4 Å². The number of esters is 1. The second kappa shape index (κ2) is 8.75. The van der Waals surface area contributed by atoms with Crippen molar-refractivity contribution in [2.75, 3.05) is 40.2 Å². The Morgan fingerprint density at radius 2 is 1.71 bits per heavy atom. The molecule has 2 rings (SSSR count). The first-order chi connectivity index (χ1) is 13.2. The summed E-state index contributed by atoms with van der Waals surface area (Å²) >= 11 is 0. The molecule has 2 aromatic carbocycles. The standard InChI is InChI=1S/C19H23N3O5S/c1-21(2)13-20-28(24,25)17-12-14(19(23)26-5)11-16(22(3)4)18(17)27-15-9-7-6-8-10-15/h6-13H,1-5H3/b20-13+. The van der Waals surface area contributed by atoms with Crippen LogP contribution in [-0.2, 0) is 14.8 Å². The van der Waals surface area contributed by atoms with E-state index in [0.29, 0.717) is 11.4 Å². The zero-order valence-electron chi connectivity index (χ0n) is 16.4. The van der Waals surface area contributed by atoms with Crippen molar-refractivity contribution in [3.05, 3.63) is 48.0 Å². The van der Waals surface area contributed by atoms with Gasteiger partial charge in [0.1, 0.15) is 17.0 Å². The van der Waals surface area contributed by atoms with Gasteiger partial charge in [0.25, 0.3) is 10.0 Å². The maximum Gasteiger partial charge on any atom is 0.337 e. The highest BCUT2D eigenvalue weighted by Crippen LogP contribution is 2.39.